The third kappa shape index (κ3) is 2.42. The number of carbonyl (C=O) groups excluding carboxylic acids is 2. The van der Waals surface area contributed by atoms with Gasteiger partial charge in [-0.15, -0.1) is 0 Å². The molecule has 0 bridgehead atoms. The van der Waals surface area contributed by atoms with Gasteiger partial charge in [-0.1, -0.05) is 19.3 Å². The van der Waals surface area contributed by atoms with Gasteiger partial charge in [0.2, 0.25) is 11.8 Å². The van der Waals surface area contributed by atoms with Crippen LogP contribution in [0.5, 0.6) is 0 Å². The van der Waals surface area contributed by atoms with E-state index in [-0.39, 0.29) is 30.4 Å². The molecule has 1 saturated heterocycles. The van der Waals surface area contributed by atoms with E-state index in [4.69, 9.17) is 5.73 Å². The van der Waals surface area contributed by atoms with Crippen LogP contribution in [-0.2, 0) is 9.59 Å². The molecule has 1 saturated carbocycles. The van der Waals surface area contributed by atoms with E-state index in [1.54, 1.807) is 0 Å². The Morgan fingerprint density at radius 1 is 1.22 bits per heavy atom. The minimum atomic E-state index is -0.652. The molecule has 2 amide bonds. The normalized spacial score (nSPS) is 33.9. The number of rotatable bonds is 1. The molecule has 0 aromatic heterocycles. The Morgan fingerprint density at radius 3 is 2.61 bits per heavy atom. The van der Waals surface area contributed by atoms with E-state index in [1.807, 2.05) is 18.7 Å². The van der Waals surface area contributed by atoms with Crippen molar-refractivity contribution in [3.63, 3.8) is 0 Å². The van der Waals surface area contributed by atoms with E-state index in [2.05, 4.69) is 5.32 Å². The number of hydrogen-bond acceptors (Lipinski definition) is 4. The minimum absolute atomic E-state index is 0.0606. The number of nitrogens with two attached hydrogens (primary N) is 1. The molecule has 0 aromatic carbocycles. The van der Waals surface area contributed by atoms with Crippen LogP contribution in [0, 0.1) is 0 Å². The summed E-state index contributed by atoms with van der Waals surface area (Å²) in [5, 5.41) is 2.41. The quantitative estimate of drug-likeness (QED) is 0.523. The van der Waals surface area contributed by atoms with Crippen LogP contribution in [0.3, 0.4) is 0 Å². The molecule has 0 aromatic rings. The Hall–Kier alpha value is -0.940. The Morgan fingerprint density at radius 2 is 1.89 bits per heavy atom. The standard InChI is InChI=1S/C13H23N3O2/c1-13(2)12(18)15-11(17)8-16(13)10-7-5-3-4-6-9(10)14/h9-10H,3-8,14H2,1-2H3,(H,15,17,18). The van der Waals surface area contributed by atoms with Crippen molar-refractivity contribution in [3.05, 3.63) is 0 Å². The molecule has 2 fully saturated rings. The maximum atomic E-state index is 12.0. The lowest BCUT2D eigenvalue weighted by atomic mass is 9.91. The molecular formula is C13H23N3O2. The number of nitrogens with zero attached hydrogens (tertiary/aromatic N) is 1. The van der Waals surface area contributed by atoms with Gasteiger partial charge in [-0.05, 0) is 26.7 Å². The van der Waals surface area contributed by atoms with Gasteiger partial charge in [0, 0.05) is 12.1 Å². The zero-order chi connectivity index (χ0) is 13.3. The lowest BCUT2D eigenvalue weighted by Gasteiger charge is -2.46. The van der Waals surface area contributed by atoms with E-state index in [0.717, 1.165) is 25.7 Å². The molecule has 1 heterocycles. The highest BCUT2D eigenvalue weighted by Gasteiger charge is 2.45. The van der Waals surface area contributed by atoms with Crippen LogP contribution in [0.4, 0.5) is 0 Å². The van der Waals surface area contributed by atoms with Crippen LogP contribution in [0.15, 0.2) is 0 Å². The Bertz CT molecular complexity index is 354. The maximum absolute atomic E-state index is 12.0. The molecule has 18 heavy (non-hydrogen) atoms. The molecule has 5 nitrogen and oxygen atoms in total. The minimum Gasteiger partial charge on any atom is -0.326 e. The van der Waals surface area contributed by atoms with Gasteiger partial charge in [0.05, 0.1) is 12.1 Å². The third-order valence-electron chi connectivity index (χ3n) is 4.27. The summed E-state index contributed by atoms with van der Waals surface area (Å²) in [6.45, 7) is 4.01. The topological polar surface area (TPSA) is 75.4 Å². The second-order valence-corrected chi connectivity index (χ2v) is 5.93. The van der Waals surface area contributed by atoms with Crippen LogP contribution in [0.25, 0.3) is 0 Å². The van der Waals surface area contributed by atoms with E-state index in [1.165, 1.54) is 6.42 Å². The van der Waals surface area contributed by atoms with Gasteiger partial charge >= 0.3 is 0 Å². The fourth-order valence-corrected chi connectivity index (χ4v) is 3.04. The summed E-state index contributed by atoms with van der Waals surface area (Å²) in [6, 6.07) is 0.197. The molecule has 2 atom stereocenters. The highest BCUT2D eigenvalue weighted by molar-refractivity contribution is 6.03. The van der Waals surface area contributed by atoms with Crippen LogP contribution in [0.2, 0.25) is 0 Å². The number of carbonyl (C=O) groups is 2. The van der Waals surface area contributed by atoms with Crippen LogP contribution >= 0.6 is 0 Å². The lowest BCUT2D eigenvalue weighted by Crippen LogP contribution is -2.68. The zero-order valence-electron chi connectivity index (χ0n) is 11.2. The van der Waals surface area contributed by atoms with Gasteiger partial charge in [0.25, 0.3) is 0 Å². The van der Waals surface area contributed by atoms with Crippen LogP contribution < -0.4 is 11.1 Å². The predicted molar refractivity (Wildman–Crippen MR) is 68.8 cm³/mol. The number of nitrogens with one attached hydrogen (secondary N) is 1. The van der Waals surface area contributed by atoms with Crippen molar-refractivity contribution in [2.75, 3.05) is 6.54 Å². The lowest BCUT2D eigenvalue weighted by molar-refractivity contribution is -0.147. The molecular weight excluding hydrogens is 230 g/mol. The van der Waals surface area contributed by atoms with E-state index < -0.39 is 5.54 Å². The van der Waals surface area contributed by atoms with Crippen LogP contribution in [0.1, 0.15) is 46.0 Å². The second-order valence-electron chi connectivity index (χ2n) is 5.93. The average molecular weight is 253 g/mol. The first-order valence-corrected chi connectivity index (χ1v) is 6.79. The first-order valence-electron chi connectivity index (χ1n) is 6.79. The van der Waals surface area contributed by atoms with Crippen molar-refractivity contribution in [2.24, 2.45) is 5.73 Å². The van der Waals surface area contributed by atoms with Gasteiger partial charge in [-0.3, -0.25) is 19.8 Å². The molecule has 3 N–H and O–H groups in total. The van der Waals surface area contributed by atoms with Gasteiger partial charge < -0.3 is 5.73 Å². The number of amides is 2. The Labute approximate surface area is 108 Å². The predicted octanol–water partition coefficient (Wildman–Crippen LogP) is 0.383. The van der Waals surface area contributed by atoms with Crippen molar-refractivity contribution in [2.45, 2.75) is 63.6 Å². The summed E-state index contributed by atoms with van der Waals surface area (Å²) in [5.74, 6) is -0.425. The van der Waals surface area contributed by atoms with E-state index >= 15 is 0 Å². The highest BCUT2D eigenvalue weighted by Crippen LogP contribution is 2.28. The van der Waals surface area contributed by atoms with Crippen molar-refractivity contribution >= 4 is 11.8 Å². The highest BCUT2D eigenvalue weighted by atomic mass is 16.2. The van der Waals surface area contributed by atoms with E-state index in [9.17, 15) is 9.59 Å². The molecule has 102 valence electrons. The largest absolute Gasteiger partial charge is 0.326 e. The van der Waals surface area contributed by atoms with Crippen LogP contribution in [-0.4, -0.2) is 40.9 Å². The van der Waals surface area contributed by atoms with Crippen molar-refractivity contribution in [1.29, 1.82) is 0 Å². The molecule has 2 unspecified atom stereocenters. The number of piperazine rings is 1. The number of hydrogen-bond donors (Lipinski definition) is 2. The van der Waals surface area contributed by atoms with Gasteiger partial charge in [-0.2, -0.15) is 0 Å². The fourth-order valence-electron chi connectivity index (χ4n) is 3.04. The fraction of sp³-hybridized carbons (Fsp3) is 0.846. The van der Waals surface area contributed by atoms with Gasteiger partial charge in [-0.25, -0.2) is 0 Å². The summed E-state index contributed by atoms with van der Waals surface area (Å²) >= 11 is 0. The molecule has 2 rings (SSSR count). The summed E-state index contributed by atoms with van der Waals surface area (Å²) < 4.78 is 0. The molecule has 1 aliphatic carbocycles. The summed E-state index contributed by atoms with van der Waals surface area (Å²) in [7, 11) is 0. The SMILES string of the molecule is CC1(C)C(=O)NC(=O)CN1C1CCCCCC1N. The van der Waals surface area contributed by atoms with Crippen molar-refractivity contribution in [1.82, 2.24) is 10.2 Å². The Balaban J connectivity index is 2.22. The first kappa shape index (κ1) is 13.5. The summed E-state index contributed by atoms with van der Waals surface area (Å²) in [4.78, 5) is 25.6. The smallest absolute Gasteiger partial charge is 0.246 e. The Kier molecular flexibility index (Phi) is 3.73. The second kappa shape index (κ2) is 4.97. The van der Waals surface area contributed by atoms with Gasteiger partial charge in [0.1, 0.15) is 0 Å². The first-order chi connectivity index (χ1) is 8.43. The van der Waals surface area contributed by atoms with Gasteiger partial charge in [0.15, 0.2) is 0 Å². The summed E-state index contributed by atoms with van der Waals surface area (Å²) in [5.41, 5.74) is 5.58. The third-order valence-corrected chi connectivity index (χ3v) is 4.27. The van der Waals surface area contributed by atoms with Crippen molar-refractivity contribution in [3.8, 4) is 0 Å². The molecule has 2 aliphatic rings. The monoisotopic (exact) mass is 253 g/mol. The van der Waals surface area contributed by atoms with Crippen molar-refractivity contribution < 1.29 is 9.59 Å². The average Bonchev–Trinajstić information content (AvgIpc) is 2.49. The maximum Gasteiger partial charge on any atom is 0.246 e. The van der Waals surface area contributed by atoms with E-state index in [0.29, 0.717) is 0 Å². The molecule has 0 radical (unpaired) electrons. The molecule has 1 aliphatic heterocycles. The zero-order valence-corrected chi connectivity index (χ0v) is 11.2. The number of imide groups is 1. The summed E-state index contributed by atoms with van der Waals surface area (Å²) in [6.07, 6.45) is 5.42. The molecule has 0 spiro atoms. The molecule has 5 heteroatoms.